The summed E-state index contributed by atoms with van der Waals surface area (Å²) in [5, 5.41) is 6.65. The van der Waals surface area contributed by atoms with Gasteiger partial charge in [0.15, 0.2) is 0 Å². The predicted molar refractivity (Wildman–Crippen MR) is 89.5 cm³/mol. The fourth-order valence-corrected chi connectivity index (χ4v) is 2.40. The van der Waals surface area contributed by atoms with Crippen molar-refractivity contribution in [1.29, 1.82) is 0 Å². The molecule has 5 heteroatoms. The summed E-state index contributed by atoms with van der Waals surface area (Å²) < 4.78 is 0. The van der Waals surface area contributed by atoms with Gasteiger partial charge in [0.05, 0.1) is 22.3 Å². The first kappa shape index (κ1) is 15.7. The van der Waals surface area contributed by atoms with Crippen LogP contribution in [0.15, 0.2) is 36.4 Å². The van der Waals surface area contributed by atoms with Gasteiger partial charge in [0.25, 0.3) is 0 Å². The third-order valence-electron chi connectivity index (χ3n) is 3.13. The standard InChI is InChI=1S/C16H16Cl2N2O/c1-10-5-3-6-11(2)16(10)19-9-14(21)20-13-8-4-7-12(17)15(13)18/h3-8,19H,9H2,1-2H3,(H,20,21). The first-order valence-electron chi connectivity index (χ1n) is 6.53. The highest BCUT2D eigenvalue weighted by molar-refractivity contribution is 6.44. The average molecular weight is 323 g/mol. The number of halogens is 2. The highest BCUT2D eigenvalue weighted by Gasteiger charge is 2.09. The van der Waals surface area contributed by atoms with Crippen LogP contribution < -0.4 is 10.6 Å². The predicted octanol–water partition coefficient (Wildman–Crippen LogP) is 4.66. The van der Waals surface area contributed by atoms with E-state index in [0.717, 1.165) is 16.8 Å². The fraction of sp³-hybridized carbons (Fsp3) is 0.188. The molecule has 3 nitrogen and oxygen atoms in total. The second-order valence-corrected chi connectivity index (χ2v) is 5.56. The second kappa shape index (κ2) is 6.83. The highest BCUT2D eigenvalue weighted by Crippen LogP contribution is 2.29. The normalized spacial score (nSPS) is 10.3. The molecule has 2 rings (SSSR count). The Bertz CT molecular complexity index is 651. The number of anilines is 2. The number of carbonyl (C=O) groups is 1. The molecule has 0 spiro atoms. The van der Waals surface area contributed by atoms with Crippen LogP contribution in [0, 0.1) is 13.8 Å². The van der Waals surface area contributed by atoms with Gasteiger partial charge in [-0.15, -0.1) is 0 Å². The van der Waals surface area contributed by atoms with Crippen molar-refractivity contribution in [2.45, 2.75) is 13.8 Å². The molecule has 0 bridgehead atoms. The van der Waals surface area contributed by atoms with Gasteiger partial charge in [0, 0.05) is 5.69 Å². The van der Waals surface area contributed by atoms with Gasteiger partial charge >= 0.3 is 0 Å². The van der Waals surface area contributed by atoms with E-state index in [0.29, 0.717) is 15.7 Å². The number of rotatable bonds is 4. The topological polar surface area (TPSA) is 41.1 Å². The Labute approximate surface area is 134 Å². The van der Waals surface area contributed by atoms with E-state index in [9.17, 15) is 4.79 Å². The van der Waals surface area contributed by atoms with Gasteiger partial charge in [-0.2, -0.15) is 0 Å². The van der Waals surface area contributed by atoms with Gasteiger partial charge < -0.3 is 10.6 Å². The molecule has 0 fully saturated rings. The molecule has 2 N–H and O–H groups in total. The summed E-state index contributed by atoms with van der Waals surface area (Å²) in [4.78, 5) is 12.0. The van der Waals surface area contributed by atoms with Gasteiger partial charge in [0.2, 0.25) is 5.91 Å². The maximum absolute atomic E-state index is 12.0. The van der Waals surface area contributed by atoms with Gasteiger partial charge in [-0.05, 0) is 37.1 Å². The number of para-hydroxylation sites is 1. The molecule has 0 aliphatic carbocycles. The molecule has 21 heavy (non-hydrogen) atoms. The third kappa shape index (κ3) is 3.90. The van der Waals surface area contributed by atoms with Gasteiger partial charge in [-0.3, -0.25) is 4.79 Å². The minimum atomic E-state index is -0.179. The molecular formula is C16H16Cl2N2O. The highest BCUT2D eigenvalue weighted by atomic mass is 35.5. The van der Waals surface area contributed by atoms with Crippen molar-refractivity contribution in [3.8, 4) is 0 Å². The van der Waals surface area contributed by atoms with Crippen LogP contribution in [0.1, 0.15) is 11.1 Å². The Morgan fingerprint density at radius 2 is 1.67 bits per heavy atom. The van der Waals surface area contributed by atoms with E-state index in [1.807, 2.05) is 32.0 Å². The molecule has 0 atom stereocenters. The third-order valence-corrected chi connectivity index (χ3v) is 3.95. The maximum atomic E-state index is 12.0. The quantitative estimate of drug-likeness (QED) is 0.859. The molecule has 2 aromatic carbocycles. The van der Waals surface area contributed by atoms with Crippen LogP contribution in [0.4, 0.5) is 11.4 Å². The van der Waals surface area contributed by atoms with E-state index in [-0.39, 0.29) is 12.5 Å². The fourth-order valence-electron chi connectivity index (χ4n) is 2.06. The molecule has 2 aromatic rings. The monoisotopic (exact) mass is 322 g/mol. The van der Waals surface area contributed by atoms with E-state index in [1.54, 1.807) is 18.2 Å². The van der Waals surface area contributed by atoms with Crippen molar-refractivity contribution in [3.63, 3.8) is 0 Å². The zero-order valence-electron chi connectivity index (χ0n) is 11.8. The molecular weight excluding hydrogens is 307 g/mol. The lowest BCUT2D eigenvalue weighted by Gasteiger charge is -2.13. The summed E-state index contributed by atoms with van der Waals surface area (Å²) in [7, 11) is 0. The van der Waals surface area contributed by atoms with E-state index in [2.05, 4.69) is 10.6 Å². The minimum absolute atomic E-state index is 0.161. The molecule has 110 valence electrons. The molecule has 0 aromatic heterocycles. The SMILES string of the molecule is Cc1cccc(C)c1NCC(=O)Nc1cccc(Cl)c1Cl. The van der Waals surface area contributed by atoms with Crippen molar-refractivity contribution in [2.75, 3.05) is 17.2 Å². The Morgan fingerprint density at radius 1 is 1.05 bits per heavy atom. The molecule has 0 heterocycles. The lowest BCUT2D eigenvalue weighted by molar-refractivity contribution is -0.114. The molecule has 0 aliphatic rings. The first-order valence-corrected chi connectivity index (χ1v) is 7.28. The van der Waals surface area contributed by atoms with Gasteiger partial charge in [0.1, 0.15) is 0 Å². The van der Waals surface area contributed by atoms with Crippen LogP contribution in [-0.2, 0) is 4.79 Å². The number of aryl methyl sites for hydroxylation is 2. The summed E-state index contributed by atoms with van der Waals surface area (Å²) >= 11 is 12.0. The first-order chi connectivity index (χ1) is 9.99. The smallest absolute Gasteiger partial charge is 0.243 e. The van der Waals surface area contributed by atoms with Crippen LogP contribution in [0.2, 0.25) is 10.0 Å². The lowest BCUT2D eigenvalue weighted by atomic mass is 10.1. The van der Waals surface area contributed by atoms with E-state index >= 15 is 0 Å². The van der Waals surface area contributed by atoms with Crippen molar-refractivity contribution in [2.24, 2.45) is 0 Å². The average Bonchev–Trinajstić information content (AvgIpc) is 2.43. The van der Waals surface area contributed by atoms with Crippen molar-refractivity contribution in [3.05, 3.63) is 57.6 Å². The summed E-state index contributed by atoms with van der Waals surface area (Å²) in [6.45, 7) is 4.16. The summed E-state index contributed by atoms with van der Waals surface area (Å²) in [6.07, 6.45) is 0. The molecule has 0 radical (unpaired) electrons. The number of hydrogen-bond donors (Lipinski definition) is 2. The lowest BCUT2D eigenvalue weighted by Crippen LogP contribution is -2.22. The number of hydrogen-bond acceptors (Lipinski definition) is 2. The van der Waals surface area contributed by atoms with E-state index < -0.39 is 0 Å². The Hall–Kier alpha value is -1.71. The molecule has 0 saturated carbocycles. The molecule has 0 unspecified atom stereocenters. The second-order valence-electron chi connectivity index (χ2n) is 4.77. The van der Waals surface area contributed by atoms with Crippen molar-refractivity contribution in [1.82, 2.24) is 0 Å². The van der Waals surface area contributed by atoms with Crippen LogP contribution in [0.5, 0.6) is 0 Å². The van der Waals surface area contributed by atoms with E-state index in [1.165, 1.54) is 0 Å². The molecule has 1 amide bonds. The van der Waals surface area contributed by atoms with Crippen LogP contribution in [-0.4, -0.2) is 12.5 Å². The van der Waals surface area contributed by atoms with Crippen molar-refractivity contribution >= 4 is 40.5 Å². The number of nitrogens with one attached hydrogen (secondary N) is 2. The largest absolute Gasteiger partial charge is 0.376 e. The van der Waals surface area contributed by atoms with E-state index in [4.69, 9.17) is 23.2 Å². The molecule has 0 saturated heterocycles. The van der Waals surface area contributed by atoms with Crippen LogP contribution >= 0.6 is 23.2 Å². The van der Waals surface area contributed by atoms with Crippen LogP contribution in [0.3, 0.4) is 0 Å². The zero-order chi connectivity index (χ0) is 15.4. The minimum Gasteiger partial charge on any atom is -0.376 e. The zero-order valence-corrected chi connectivity index (χ0v) is 13.3. The Morgan fingerprint density at radius 3 is 2.33 bits per heavy atom. The summed E-state index contributed by atoms with van der Waals surface area (Å²) in [5.41, 5.74) is 3.69. The maximum Gasteiger partial charge on any atom is 0.243 e. The van der Waals surface area contributed by atoms with Gasteiger partial charge in [-0.25, -0.2) is 0 Å². The van der Waals surface area contributed by atoms with Gasteiger partial charge in [-0.1, -0.05) is 47.5 Å². The van der Waals surface area contributed by atoms with Crippen LogP contribution in [0.25, 0.3) is 0 Å². The number of amides is 1. The molecule has 0 aliphatic heterocycles. The summed E-state index contributed by atoms with van der Waals surface area (Å²) in [5.74, 6) is -0.179. The number of carbonyl (C=O) groups excluding carboxylic acids is 1. The summed E-state index contributed by atoms with van der Waals surface area (Å²) in [6, 6.07) is 11.1. The Kier molecular flexibility index (Phi) is 5.10. The Balaban J connectivity index is 2.01. The van der Waals surface area contributed by atoms with Crippen molar-refractivity contribution < 1.29 is 4.79 Å². The number of benzene rings is 2.